The van der Waals surface area contributed by atoms with E-state index < -0.39 is 5.82 Å². The first-order chi connectivity index (χ1) is 6.36. The van der Waals surface area contributed by atoms with Crippen LogP contribution in [0.4, 0.5) is 4.39 Å². The molecule has 66 valence electrons. The smallest absolute Gasteiger partial charge is 0.186 e. The van der Waals surface area contributed by atoms with Gasteiger partial charge in [0, 0.05) is 0 Å². The molecule has 1 aromatic heterocycles. The highest BCUT2D eigenvalue weighted by Gasteiger charge is 2.03. The summed E-state index contributed by atoms with van der Waals surface area (Å²) in [5.41, 5.74) is 0. The Kier molecular flexibility index (Phi) is 1.96. The molecule has 0 amide bonds. The summed E-state index contributed by atoms with van der Waals surface area (Å²) in [6, 6.07) is 6.13. The van der Waals surface area contributed by atoms with Crippen molar-refractivity contribution in [1.82, 2.24) is 5.16 Å². The van der Waals surface area contributed by atoms with Gasteiger partial charge < -0.3 is 9.26 Å². The van der Waals surface area contributed by atoms with Gasteiger partial charge in [-0.05, 0) is 12.1 Å². The fraction of sp³-hybridized carbons (Fsp3) is 0. The predicted molar refractivity (Wildman–Crippen MR) is 43.0 cm³/mol. The fourth-order valence-electron chi connectivity index (χ4n) is 0.900. The van der Waals surface area contributed by atoms with Gasteiger partial charge in [0.05, 0.1) is 0 Å². The van der Waals surface area contributed by atoms with Gasteiger partial charge in [0.15, 0.2) is 23.6 Å². The first-order valence-corrected chi connectivity index (χ1v) is 3.68. The Morgan fingerprint density at radius 3 is 2.85 bits per heavy atom. The van der Waals surface area contributed by atoms with Crippen molar-refractivity contribution in [2.75, 3.05) is 0 Å². The minimum absolute atomic E-state index is 0.158. The van der Waals surface area contributed by atoms with E-state index in [9.17, 15) is 4.39 Å². The molecule has 3 nitrogen and oxygen atoms in total. The monoisotopic (exact) mass is 179 g/mol. The van der Waals surface area contributed by atoms with Crippen molar-refractivity contribution in [3.05, 3.63) is 42.5 Å². The predicted octanol–water partition coefficient (Wildman–Crippen LogP) is 2.61. The van der Waals surface area contributed by atoms with Crippen LogP contribution in [0.3, 0.4) is 0 Å². The van der Waals surface area contributed by atoms with Crippen molar-refractivity contribution < 1.29 is 13.7 Å². The van der Waals surface area contributed by atoms with E-state index in [1.807, 2.05) is 0 Å². The highest BCUT2D eigenvalue weighted by Crippen LogP contribution is 2.22. The third kappa shape index (κ3) is 1.66. The minimum atomic E-state index is -0.413. The zero-order valence-corrected chi connectivity index (χ0v) is 6.61. The van der Waals surface area contributed by atoms with Gasteiger partial charge in [-0.3, -0.25) is 0 Å². The van der Waals surface area contributed by atoms with Gasteiger partial charge in [0.2, 0.25) is 0 Å². The third-order valence-corrected chi connectivity index (χ3v) is 1.47. The number of hydrogen-bond acceptors (Lipinski definition) is 3. The molecule has 0 aliphatic heterocycles. The number of rotatable bonds is 2. The Labute approximate surface area is 73.7 Å². The molecule has 0 atom stereocenters. The van der Waals surface area contributed by atoms with Crippen LogP contribution in [0.25, 0.3) is 0 Å². The van der Waals surface area contributed by atoms with E-state index in [1.165, 1.54) is 24.6 Å². The van der Waals surface area contributed by atoms with Gasteiger partial charge in [-0.2, -0.15) is 0 Å². The zero-order chi connectivity index (χ0) is 9.10. The fourth-order valence-corrected chi connectivity index (χ4v) is 0.900. The van der Waals surface area contributed by atoms with Crippen molar-refractivity contribution in [1.29, 1.82) is 0 Å². The molecule has 2 aromatic rings. The van der Waals surface area contributed by atoms with Crippen LogP contribution in [0.5, 0.6) is 11.5 Å². The molecule has 0 saturated heterocycles. The maximum Gasteiger partial charge on any atom is 0.186 e. The maximum atomic E-state index is 13.0. The lowest BCUT2D eigenvalue weighted by atomic mass is 10.3. The SMILES string of the molecule is Fc1ccccc1Oc1cnoc1. The van der Waals surface area contributed by atoms with E-state index in [-0.39, 0.29) is 5.75 Å². The van der Waals surface area contributed by atoms with Crippen LogP contribution in [-0.2, 0) is 0 Å². The van der Waals surface area contributed by atoms with Crippen LogP contribution in [0, 0.1) is 5.82 Å². The Balaban J connectivity index is 2.24. The summed E-state index contributed by atoms with van der Waals surface area (Å²) in [6.45, 7) is 0. The molecule has 0 saturated carbocycles. The number of benzene rings is 1. The van der Waals surface area contributed by atoms with E-state index in [0.717, 1.165) is 0 Å². The molecule has 0 fully saturated rings. The Morgan fingerprint density at radius 2 is 2.15 bits per heavy atom. The van der Waals surface area contributed by atoms with Gasteiger partial charge in [0.25, 0.3) is 0 Å². The van der Waals surface area contributed by atoms with E-state index in [0.29, 0.717) is 5.75 Å². The first-order valence-electron chi connectivity index (χ1n) is 3.68. The van der Waals surface area contributed by atoms with Gasteiger partial charge in [-0.25, -0.2) is 4.39 Å². The molecule has 13 heavy (non-hydrogen) atoms. The summed E-state index contributed by atoms with van der Waals surface area (Å²) < 4.78 is 22.7. The normalized spacial score (nSPS) is 9.92. The van der Waals surface area contributed by atoms with Gasteiger partial charge >= 0.3 is 0 Å². The lowest BCUT2D eigenvalue weighted by Gasteiger charge is -2.01. The van der Waals surface area contributed by atoms with Crippen molar-refractivity contribution >= 4 is 0 Å². The molecular weight excluding hydrogens is 173 g/mol. The first kappa shape index (κ1) is 7.79. The number of nitrogens with zero attached hydrogens (tertiary/aromatic N) is 1. The molecule has 0 aliphatic carbocycles. The summed E-state index contributed by atoms with van der Waals surface area (Å²) in [7, 11) is 0. The molecule has 0 N–H and O–H groups in total. The van der Waals surface area contributed by atoms with Crippen LogP contribution >= 0.6 is 0 Å². The molecule has 0 radical (unpaired) electrons. The molecule has 4 heteroatoms. The molecule has 2 rings (SSSR count). The van der Waals surface area contributed by atoms with Crippen LogP contribution in [0.2, 0.25) is 0 Å². The number of hydrogen-bond donors (Lipinski definition) is 0. The molecule has 0 aliphatic rings. The second-order valence-electron chi connectivity index (χ2n) is 2.39. The highest BCUT2D eigenvalue weighted by molar-refractivity contribution is 5.28. The van der Waals surface area contributed by atoms with E-state index in [4.69, 9.17) is 4.74 Å². The molecule has 0 unspecified atom stereocenters. The van der Waals surface area contributed by atoms with Gasteiger partial charge in [-0.1, -0.05) is 17.3 Å². The summed E-state index contributed by atoms with van der Waals surface area (Å²) >= 11 is 0. The maximum absolute atomic E-state index is 13.0. The lowest BCUT2D eigenvalue weighted by Crippen LogP contribution is -1.85. The zero-order valence-electron chi connectivity index (χ0n) is 6.61. The van der Waals surface area contributed by atoms with Crippen molar-refractivity contribution in [2.45, 2.75) is 0 Å². The van der Waals surface area contributed by atoms with E-state index in [2.05, 4.69) is 9.68 Å². The summed E-state index contributed by atoms with van der Waals surface area (Å²) in [5.74, 6) is 0.125. The average Bonchev–Trinajstić information content (AvgIpc) is 2.61. The van der Waals surface area contributed by atoms with Crippen molar-refractivity contribution in [3.63, 3.8) is 0 Å². The molecular formula is C9H6FNO2. The minimum Gasteiger partial charge on any atom is -0.449 e. The van der Waals surface area contributed by atoms with Crippen molar-refractivity contribution in [2.24, 2.45) is 0 Å². The van der Waals surface area contributed by atoms with Crippen LogP contribution in [-0.4, -0.2) is 5.16 Å². The van der Waals surface area contributed by atoms with Gasteiger partial charge in [0.1, 0.15) is 6.20 Å². The van der Waals surface area contributed by atoms with Crippen LogP contribution in [0.15, 0.2) is 41.2 Å². The van der Waals surface area contributed by atoms with Crippen LogP contribution in [0.1, 0.15) is 0 Å². The number of aromatic nitrogens is 1. The average molecular weight is 179 g/mol. The lowest BCUT2D eigenvalue weighted by molar-refractivity contribution is 0.404. The Hall–Kier alpha value is -1.84. The summed E-state index contributed by atoms with van der Waals surface area (Å²) in [6.07, 6.45) is 2.67. The molecule has 0 bridgehead atoms. The standard InChI is InChI=1S/C9H6FNO2/c10-8-3-1-2-4-9(8)13-7-5-11-12-6-7/h1-6H. The topological polar surface area (TPSA) is 35.3 Å². The van der Waals surface area contributed by atoms with Crippen LogP contribution < -0.4 is 4.74 Å². The second-order valence-corrected chi connectivity index (χ2v) is 2.39. The van der Waals surface area contributed by atoms with E-state index >= 15 is 0 Å². The summed E-state index contributed by atoms with van der Waals surface area (Å²) in [5, 5.41) is 3.43. The molecule has 1 heterocycles. The largest absolute Gasteiger partial charge is 0.449 e. The third-order valence-electron chi connectivity index (χ3n) is 1.47. The Morgan fingerprint density at radius 1 is 1.31 bits per heavy atom. The van der Waals surface area contributed by atoms with Crippen molar-refractivity contribution in [3.8, 4) is 11.5 Å². The highest BCUT2D eigenvalue weighted by atomic mass is 19.1. The van der Waals surface area contributed by atoms with Gasteiger partial charge in [-0.15, -0.1) is 0 Å². The second kappa shape index (κ2) is 3.26. The quantitative estimate of drug-likeness (QED) is 0.710. The number of ether oxygens (including phenoxy) is 1. The number of halogens is 1. The number of para-hydroxylation sites is 1. The molecule has 1 aromatic carbocycles. The summed E-state index contributed by atoms with van der Waals surface area (Å²) in [4.78, 5) is 0. The van der Waals surface area contributed by atoms with E-state index in [1.54, 1.807) is 12.1 Å². The molecule has 0 spiro atoms. The Bertz CT molecular complexity index is 386.